The summed E-state index contributed by atoms with van der Waals surface area (Å²) in [5.74, 6) is 0.451. The first kappa shape index (κ1) is 8.97. The van der Waals surface area contributed by atoms with E-state index in [-0.39, 0.29) is 11.7 Å². The van der Waals surface area contributed by atoms with Gasteiger partial charge in [0.25, 0.3) is 0 Å². The van der Waals surface area contributed by atoms with Crippen molar-refractivity contribution in [3.63, 3.8) is 0 Å². The van der Waals surface area contributed by atoms with Crippen molar-refractivity contribution in [2.24, 2.45) is 5.92 Å². The van der Waals surface area contributed by atoms with Crippen LogP contribution in [-0.4, -0.2) is 9.55 Å². The van der Waals surface area contributed by atoms with E-state index in [0.717, 1.165) is 0 Å². The Balaban J connectivity index is 3.03. The highest BCUT2D eigenvalue weighted by molar-refractivity contribution is 4.84. The second-order valence-corrected chi connectivity index (χ2v) is 3.29. The van der Waals surface area contributed by atoms with Gasteiger partial charge in [-0.15, -0.1) is 0 Å². The Kier molecular flexibility index (Phi) is 2.63. The summed E-state index contributed by atoms with van der Waals surface area (Å²) in [6, 6.07) is 1.99. The molecule has 3 heteroatoms. The minimum atomic E-state index is -0.168. The Bertz CT molecular complexity index is 303. The van der Waals surface area contributed by atoms with E-state index in [4.69, 9.17) is 0 Å². The minimum absolute atomic E-state index is 0.168. The molecule has 12 heavy (non-hydrogen) atoms. The van der Waals surface area contributed by atoms with E-state index in [1.165, 1.54) is 6.20 Å². The predicted molar refractivity (Wildman–Crippen MR) is 48.0 cm³/mol. The van der Waals surface area contributed by atoms with Gasteiger partial charge in [0.1, 0.15) is 0 Å². The van der Waals surface area contributed by atoms with Crippen molar-refractivity contribution in [3.05, 3.63) is 28.9 Å². The first-order valence-corrected chi connectivity index (χ1v) is 4.16. The van der Waals surface area contributed by atoms with Crippen LogP contribution in [0, 0.1) is 5.92 Å². The molecule has 1 rings (SSSR count). The van der Waals surface area contributed by atoms with Gasteiger partial charge < -0.3 is 0 Å². The van der Waals surface area contributed by atoms with E-state index in [9.17, 15) is 4.79 Å². The summed E-state index contributed by atoms with van der Waals surface area (Å²) in [6.45, 7) is 6.20. The van der Waals surface area contributed by atoms with Gasteiger partial charge in [-0.3, -0.25) is 4.57 Å². The molecule has 0 bridgehead atoms. The second-order valence-electron chi connectivity index (χ2n) is 3.29. The summed E-state index contributed by atoms with van der Waals surface area (Å²) < 4.78 is 1.66. The number of nitrogens with zero attached hydrogens (tertiary/aromatic N) is 2. The van der Waals surface area contributed by atoms with Crippen LogP contribution in [0.25, 0.3) is 0 Å². The van der Waals surface area contributed by atoms with E-state index in [2.05, 4.69) is 18.8 Å². The first-order chi connectivity index (χ1) is 5.63. The van der Waals surface area contributed by atoms with Crippen molar-refractivity contribution in [3.8, 4) is 0 Å². The zero-order valence-electron chi connectivity index (χ0n) is 7.69. The maximum atomic E-state index is 11.2. The second kappa shape index (κ2) is 3.52. The molecular weight excluding hydrogens is 152 g/mol. The van der Waals surface area contributed by atoms with Crippen molar-refractivity contribution in [2.75, 3.05) is 0 Å². The molecule has 1 aromatic heterocycles. The standard InChI is InChI=1S/C9H14N2O/c1-7(2)8(3)11-6-4-5-10-9(11)12/h4-8H,1-3H3/t8-/m0/s1. The Morgan fingerprint density at radius 1 is 1.42 bits per heavy atom. The summed E-state index contributed by atoms with van der Waals surface area (Å²) >= 11 is 0. The summed E-state index contributed by atoms with van der Waals surface area (Å²) in [7, 11) is 0. The third-order valence-electron chi connectivity index (χ3n) is 2.14. The molecule has 0 N–H and O–H groups in total. The molecule has 0 fully saturated rings. The van der Waals surface area contributed by atoms with Crippen LogP contribution in [0.5, 0.6) is 0 Å². The van der Waals surface area contributed by atoms with Crippen LogP contribution in [0.3, 0.4) is 0 Å². The molecule has 0 amide bonds. The van der Waals surface area contributed by atoms with Crippen LogP contribution in [0.4, 0.5) is 0 Å². The Labute approximate surface area is 72.1 Å². The molecule has 0 saturated carbocycles. The summed E-state index contributed by atoms with van der Waals surface area (Å²) in [4.78, 5) is 14.9. The molecule has 1 heterocycles. The lowest BCUT2D eigenvalue weighted by Gasteiger charge is -2.17. The third kappa shape index (κ3) is 1.72. The van der Waals surface area contributed by atoms with E-state index < -0.39 is 0 Å². The molecule has 0 unspecified atom stereocenters. The van der Waals surface area contributed by atoms with Gasteiger partial charge in [0, 0.05) is 18.4 Å². The lowest BCUT2D eigenvalue weighted by molar-refractivity contribution is 0.392. The van der Waals surface area contributed by atoms with E-state index >= 15 is 0 Å². The van der Waals surface area contributed by atoms with Crippen molar-refractivity contribution in [2.45, 2.75) is 26.8 Å². The molecule has 0 aliphatic heterocycles. The average Bonchev–Trinajstić information content (AvgIpc) is 2.04. The van der Waals surface area contributed by atoms with Crippen molar-refractivity contribution in [1.29, 1.82) is 0 Å². The Hall–Kier alpha value is -1.12. The molecule has 66 valence electrons. The Morgan fingerprint density at radius 2 is 2.08 bits per heavy atom. The number of aromatic nitrogens is 2. The minimum Gasteiger partial charge on any atom is -0.296 e. The molecule has 1 aromatic rings. The number of rotatable bonds is 2. The van der Waals surface area contributed by atoms with Gasteiger partial charge in [0.2, 0.25) is 0 Å². The fourth-order valence-corrected chi connectivity index (χ4v) is 1.000. The fraction of sp³-hybridized carbons (Fsp3) is 0.556. The lowest BCUT2D eigenvalue weighted by atomic mass is 10.1. The van der Waals surface area contributed by atoms with Gasteiger partial charge in [-0.1, -0.05) is 13.8 Å². The molecule has 0 saturated heterocycles. The molecule has 1 atom stereocenters. The first-order valence-electron chi connectivity index (χ1n) is 4.16. The smallest absolute Gasteiger partial charge is 0.296 e. The maximum absolute atomic E-state index is 11.2. The van der Waals surface area contributed by atoms with E-state index in [1.54, 1.807) is 16.8 Å². The lowest BCUT2D eigenvalue weighted by Crippen LogP contribution is -2.26. The van der Waals surface area contributed by atoms with Crippen LogP contribution in [0.15, 0.2) is 23.3 Å². The zero-order chi connectivity index (χ0) is 9.14. The van der Waals surface area contributed by atoms with Crippen molar-refractivity contribution >= 4 is 0 Å². The van der Waals surface area contributed by atoms with Gasteiger partial charge in [-0.25, -0.2) is 9.78 Å². The SMILES string of the molecule is CC(C)[C@H](C)n1cccnc1=O. The highest BCUT2D eigenvalue weighted by Crippen LogP contribution is 2.12. The third-order valence-corrected chi connectivity index (χ3v) is 2.14. The number of hydrogen-bond acceptors (Lipinski definition) is 2. The molecular formula is C9H14N2O. The van der Waals surface area contributed by atoms with Crippen LogP contribution in [0.1, 0.15) is 26.8 Å². The summed E-state index contributed by atoms with van der Waals surface area (Å²) in [5, 5.41) is 0. The topological polar surface area (TPSA) is 34.9 Å². The molecule has 3 nitrogen and oxygen atoms in total. The zero-order valence-corrected chi connectivity index (χ0v) is 7.69. The largest absolute Gasteiger partial charge is 0.347 e. The van der Waals surface area contributed by atoms with Gasteiger partial charge in [-0.2, -0.15) is 0 Å². The maximum Gasteiger partial charge on any atom is 0.347 e. The average molecular weight is 166 g/mol. The van der Waals surface area contributed by atoms with Gasteiger partial charge in [-0.05, 0) is 18.9 Å². The highest BCUT2D eigenvalue weighted by atomic mass is 16.1. The van der Waals surface area contributed by atoms with Gasteiger partial charge >= 0.3 is 5.69 Å². The monoisotopic (exact) mass is 166 g/mol. The van der Waals surface area contributed by atoms with E-state index in [1.807, 2.05) is 6.92 Å². The molecule has 0 spiro atoms. The molecule has 0 radical (unpaired) electrons. The quantitative estimate of drug-likeness (QED) is 0.666. The van der Waals surface area contributed by atoms with Crippen molar-refractivity contribution < 1.29 is 0 Å². The van der Waals surface area contributed by atoms with Crippen LogP contribution in [0.2, 0.25) is 0 Å². The predicted octanol–water partition coefficient (Wildman–Crippen LogP) is 1.46. The summed E-state index contributed by atoms with van der Waals surface area (Å²) in [6.07, 6.45) is 3.30. The molecule has 0 aliphatic carbocycles. The van der Waals surface area contributed by atoms with Crippen LogP contribution in [-0.2, 0) is 0 Å². The number of hydrogen-bond donors (Lipinski definition) is 0. The molecule has 0 aliphatic rings. The van der Waals surface area contributed by atoms with Gasteiger partial charge in [0.15, 0.2) is 0 Å². The highest BCUT2D eigenvalue weighted by Gasteiger charge is 2.09. The molecule has 0 aromatic carbocycles. The summed E-state index contributed by atoms with van der Waals surface area (Å²) in [5.41, 5.74) is -0.168. The Morgan fingerprint density at radius 3 is 2.58 bits per heavy atom. The van der Waals surface area contributed by atoms with Crippen LogP contribution >= 0.6 is 0 Å². The van der Waals surface area contributed by atoms with Crippen molar-refractivity contribution in [1.82, 2.24) is 9.55 Å². The fourth-order valence-electron chi connectivity index (χ4n) is 1.000. The van der Waals surface area contributed by atoms with Crippen LogP contribution < -0.4 is 5.69 Å². The normalized spacial score (nSPS) is 13.3. The van der Waals surface area contributed by atoms with Gasteiger partial charge in [0.05, 0.1) is 0 Å². The van der Waals surface area contributed by atoms with E-state index in [0.29, 0.717) is 5.92 Å².